The maximum absolute atomic E-state index is 13.1. The lowest BCUT2D eigenvalue weighted by Crippen LogP contribution is -2.39. The Morgan fingerprint density at radius 2 is 1.74 bits per heavy atom. The number of urea groups is 1. The number of halogens is 3. The maximum Gasteiger partial charge on any atom is 0.332 e. The van der Waals surface area contributed by atoms with Gasteiger partial charge in [-0.2, -0.15) is 0 Å². The molecule has 4 amide bonds. The van der Waals surface area contributed by atoms with Gasteiger partial charge in [-0.15, -0.1) is 0 Å². The van der Waals surface area contributed by atoms with E-state index in [1.807, 2.05) is 0 Å². The van der Waals surface area contributed by atoms with E-state index in [1.54, 1.807) is 0 Å². The van der Waals surface area contributed by atoms with Crippen LogP contribution in [-0.2, 0) is 9.59 Å². The quantitative estimate of drug-likeness (QED) is 0.809. The topological polar surface area (TPSA) is 69.7 Å². The molecule has 1 aliphatic rings. The zero-order chi connectivity index (χ0) is 19.7. The summed E-state index contributed by atoms with van der Waals surface area (Å²) in [6, 6.07) is 6.98. The third-order valence-corrected chi connectivity index (χ3v) is 4.37. The number of nitrogens with one attached hydrogen (secondary N) is 1. The summed E-state index contributed by atoms with van der Waals surface area (Å²) in [5, 5.41) is 2.42. The summed E-state index contributed by atoms with van der Waals surface area (Å²) in [6.45, 7) is 0.978. The molecular formula is C18H14ClF2N3O3. The number of imide groups is 1. The van der Waals surface area contributed by atoms with Crippen LogP contribution in [0.5, 0.6) is 0 Å². The highest BCUT2D eigenvalue weighted by molar-refractivity contribution is 6.33. The van der Waals surface area contributed by atoms with E-state index in [-0.39, 0.29) is 10.7 Å². The smallest absolute Gasteiger partial charge is 0.323 e. The molecule has 6 nitrogen and oxygen atoms in total. The maximum atomic E-state index is 13.1. The summed E-state index contributed by atoms with van der Waals surface area (Å²) in [4.78, 5) is 39.2. The van der Waals surface area contributed by atoms with Crippen LogP contribution in [0.2, 0.25) is 5.02 Å². The van der Waals surface area contributed by atoms with Crippen LogP contribution >= 0.6 is 11.6 Å². The first-order valence-corrected chi connectivity index (χ1v) is 8.31. The molecule has 140 valence electrons. The minimum atomic E-state index is -0.842. The SMILES string of the molecule is CC1C(=O)N(CC(=O)Nc2ccc(F)cc2Cl)C(=O)N1c1ccc(F)cc1. The van der Waals surface area contributed by atoms with Crippen molar-refractivity contribution in [2.45, 2.75) is 13.0 Å². The predicted molar refractivity (Wildman–Crippen MR) is 95.5 cm³/mol. The van der Waals surface area contributed by atoms with Gasteiger partial charge in [0.15, 0.2) is 0 Å². The minimum absolute atomic E-state index is 0.0104. The van der Waals surface area contributed by atoms with Crippen molar-refractivity contribution in [3.8, 4) is 0 Å². The van der Waals surface area contributed by atoms with Crippen molar-refractivity contribution in [3.05, 3.63) is 59.1 Å². The summed E-state index contributed by atoms with van der Waals surface area (Å²) in [7, 11) is 0. The van der Waals surface area contributed by atoms with Gasteiger partial charge in [-0.25, -0.2) is 13.6 Å². The molecule has 2 aromatic rings. The first-order chi connectivity index (χ1) is 12.8. The fraction of sp³-hybridized carbons (Fsp3) is 0.167. The van der Waals surface area contributed by atoms with E-state index in [2.05, 4.69) is 5.32 Å². The van der Waals surface area contributed by atoms with E-state index >= 15 is 0 Å². The van der Waals surface area contributed by atoms with Crippen LogP contribution in [0.15, 0.2) is 42.5 Å². The van der Waals surface area contributed by atoms with Gasteiger partial charge in [0.2, 0.25) is 5.91 Å². The molecule has 0 aromatic heterocycles. The third-order valence-electron chi connectivity index (χ3n) is 4.06. The average Bonchev–Trinajstić information content (AvgIpc) is 2.82. The molecule has 27 heavy (non-hydrogen) atoms. The Morgan fingerprint density at radius 3 is 2.37 bits per heavy atom. The van der Waals surface area contributed by atoms with E-state index < -0.39 is 42.1 Å². The number of carbonyl (C=O) groups excluding carboxylic acids is 3. The van der Waals surface area contributed by atoms with Crippen LogP contribution in [0, 0.1) is 11.6 Å². The molecule has 0 spiro atoms. The van der Waals surface area contributed by atoms with Crippen LogP contribution in [-0.4, -0.2) is 35.3 Å². The minimum Gasteiger partial charge on any atom is -0.323 e. The number of nitrogens with zero attached hydrogens (tertiary/aromatic N) is 2. The molecule has 0 bridgehead atoms. The first kappa shape index (κ1) is 18.8. The van der Waals surface area contributed by atoms with Gasteiger partial charge < -0.3 is 5.32 Å². The van der Waals surface area contributed by atoms with Gasteiger partial charge in [0.1, 0.15) is 24.2 Å². The van der Waals surface area contributed by atoms with E-state index in [9.17, 15) is 23.2 Å². The summed E-state index contributed by atoms with van der Waals surface area (Å²) in [5.41, 5.74) is 0.498. The van der Waals surface area contributed by atoms with Crippen molar-refractivity contribution in [3.63, 3.8) is 0 Å². The molecule has 3 rings (SSSR count). The van der Waals surface area contributed by atoms with Crippen LogP contribution in [0.25, 0.3) is 0 Å². The molecule has 1 atom stereocenters. The lowest BCUT2D eigenvalue weighted by molar-refractivity contribution is -0.130. The Morgan fingerprint density at radius 1 is 1.11 bits per heavy atom. The molecule has 0 aliphatic carbocycles. The molecule has 1 fully saturated rings. The summed E-state index contributed by atoms with van der Waals surface area (Å²) in [5.74, 6) is -2.27. The molecule has 1 saturated heterocycles. The third kappa shape index (κ3) is 3.75. The highest BCUT2D eigenvalue weighted by Gasteiger charge is 2.44. The summed E-state index contributed by atoms with van der Waals surface area (Å²) in [6.07, 6.45) is 0. The number of rotatable bonds is 4. The zero-order valence-electron chi connectivity index (χ0n) is 14.1. The fourth-order valence-corrected chi connectivity index (χ4v) is 2.95. The Hall–Kier alpha value is -3.00. The zero-order valence-corrected chi connectivity index (χ0v) is 14.8. The lowest BCUT2D eigenvalue weighted by Gasteiger charge is -2.19. The Bertz CT molecular complexity index is 921. The van der Waals surface area contributed by atoms with Crippen LogP contribution < -0.4 is 10.2 Å². The molecular weight excluding hydrogens is 380 g/mol. The van der Waals surface area contributed by atoms with Crippen molar-refractivity contribution < 1.29 is 23.2 Å². The molecule has 0 saturated carbocycles. The average molecular weight is 394 g/mol. The normalized spacial score (nSPS) is 16.8. The predicted octanol–water partition coefficient (Wildman–Crippen LogP) is 3.41. The number of anilines is 2. The van der Waals surface area contributed by atoms with Crippen molar-refractivity contribution >= 4 is 40.8 Å². The fourth-order valence-electron chi connectivity index (χ4n) is 2.73. The number of benzene rings is 2. The Labute approximate surface area is 158 Å². The second-order valence-electron chi connectivity index (χ2n) is 5.90. The molecule has 1 aliphatic heterocycles. The van der Waals surface area contributed by atoms with Crippen molar-refractivity contribution in [2.24, 2.45) is 0 Å². The molecule has 0 radical (unpaired) electrons. The number of amides is 4. The van der Waals surface area contributed by atoms with Gasteiger partial charge in [0, 0.05) is 5.69 Å². The van der Waals surface area contributed by atoms with E-state index in [1.165, 1.54) is 42.2 Å². The highest BCUT2D eigenvalue weighted by atomic mass is 35.5. The van der Waals surface area contributed by atoms with Crippen molar-refractivity contribution in [1.29, 1.82) is 0 Å². The number of hydrogen-bond acceptors (Lipinski definition) is 3. The molecule has 2 aromatic carbocycles. The van der Waals surface area contributed by atoms with Crippen molar-refractivity contribution in [2.75, 3.05) is 16.8 Å². The van der Waals surface area contributed by atoms with E-state index in [0.29, 0.717) is 5.69 Å². The second-order valence-corrected chi connectivity index (χ2v) is 6.31. The Balaban J connectivity index is 1.74. The van der Waals surface area contributed by atoms with Crippen LogP contribution in [0.3, 0.4) is 0 Å². The van der Waals surface area contributed by atoms with Gasteiger partial charge in [-0.3, -0.25) is 19.4 Å². The van der Waals surface area contributed by atoms with Crippen LogP contribution in [0.1, 0.15) is 6.92 Å². The molecule has 1 unspecified atom stereocenters. The highest BCUT2D eigenvalue weighted by Crippen LogP contribution is 2.26. The monoisotopic (exact) mass is 393 g/mol. The summed E-state index contributed by atoms with van der Waals surface area (Å²) < 4.78 is 26.2. The van der Waals surface area contributed by atoms with Crippen molar-refractivity contribution in [1.82, 2.24) is 4.90 Å². The van der Waals surface area contributed by atoms with Gasteiger partial charge in [0.05, 0.1) is 10.7 Å². The standard InChI is InChI=1S/C18H14ClF2N3O3/c1-10-17(26)23(18(27)24(10)13-5-2-11(20)3-6-13)9-16(25)22-15-7-4-12(21)8-14(15)19/h2-8,10H,9H2,1H3,(H,22,25). The van der Waals surface area contributed by atoms with E-state index in [0.717, 1.165) is 17.0 Å². The van der Waals surface area contributed by atoms with Gasteiger partial charge >= 0.3 is 6.03 Å². The molecule has 1 heterocycles. The van der Waals surface area contributed by atoms with E-state index in [4.69, 9.17) is 11.6 Å². The number of hydrogen-bond donors (Lipinski definition) is 1. The van der Waals surface area contributed by atoms with Gasteiger partial charge in [-0.1, -0.05) is 11.6 Å². The summed E-state index contributed by atoms with van der Waals surface area (Å²) >= 11 is 5.85. The second kappa shape index (κ2) is 7.32. The first-order valence-electron chi connectivity index (χ1n) is 7.93. The molecule has 1 N–H and O–H groups in total. The van der Waals surface area contributed by atoms with Gasteiger partial charge in [0.25, 0.3) is 5.91 Å². The number of carbonyl (C=O) groups is 3. The lowest BCUT2D eigenvalue weighted by atomic mass is 10.2. The largest absolute Gasteiger partial charge is 0.332 e. The Kier molecular flexibility index (Phi) is 5.09. The van der Waals surface area contributed by atoms with Crippen LogP contribution in [0.4, 0.5) is 25.0 Å². The molecule has 9 heteroatoms. The van der Waals surface area contributed by atoms with Gasteiger partial charge in [-0.05, 0) is 49.4 Å².